The Morgan fingerprint density at radius 2 is 1.44 bits per heavy atom. The Morgan fingerprint density at radius 1 is 0.861 bits per heavy atom. The van der Waals surface area contributed by atoms with Gasteiger partial charge in [-0.1, -0.05) is 77.6 Å². The first kappa shape index (κ1) is 33.8. The van der Waals surface area contributed by atoms with Gasteiger partial charge in [0.15, 0.2) is 5.96 Å². The molecule has 10 heteroatoms. The van der Waals surface area contributed by atoms with Crippen molar-refractivity contribution in [1.82, 2.24) is 10.9 Å². The predicted octanol–water partition coefficient (Wildman–Crippen LogP) is 3.27. The van der Waals surface area contributed by atoms with Crippen LogP contribution in [0.2, 0.25) is 0 Å². The van der Waals surface area contributed by atoms with Gasteiger partial charge in [0.2, 0.25) is 0 Å². The molecule has 210 valence electrons. The first-order valence-electron chi connectivity index (χ1n) is 13.7. The number of hydrazine groups is 1. The van der Waals surface area contributed by atoms with E-state index in [1.165, 1.54) is 64.9 Å². The summed E-state index contributed by atoms with van der Waals surface area (Å²) < 4.78 is 10.1. The van der Waals surface area contributed by atoms with Gasteiger partial charge in [0.25, 0.3) is 0 Å². The Balaban J connectivity index is 3.94. The van der Waals surface area contributed by atoms with Gasteiger partial charge in [-0.25, -0.2) is 10.9 Å². The van der Waals surface area contributed by atoms with Crippen molar-refractivity contribution < 1.29 is 23.9 Å². The molecule has 10 nitrogen and oxygen atoms in total. The normalized spacial score (nSPS) is 12.5. The van der Waals surface area contributed by atoms with Crippen LogP contribution in [0.25, 0.3) is 0 Å². The van der Waals surface area contributed by atoms with Gasteiger partial charge < -0.3 is 25.7 Å². The molecule has 36 heavy (non-hydrogen) atoms. The van der Waals surface area contributed by atoms with Gasteiger partial charge in [0.1, 0.15) is 12.3 Å². The highest BCUT2D eigenvalue weighted by Crippen LogP contribution is 2.12. The summed E-state index contributed by atoms with van der Waals surface area (Å²) in [5.41, 5.74) is 16.2. The lowest BCUT2D eigenvalue weighted by atomic mass is 10.1. The number of rotatable bonds is 25. The number of nitrogens with one attached hydrogen (secondary N) is 2. The number of nitrogens with zero attached hydrogens (tertiary/aromatic N) is 1. The molecule has 0 aromatic carbocycles. The summed E-state index contributed by atoms with van der Waals surface area (Å²) in [6.45, 7) is 3.04. The summed E-state index contributed by atoms with van der Waals surface area (Å²) in [5, 5.41) is 0. The summed E-state index contributed by atoms with van der Waals surface area (Å²) in [5.74, 6) is -0.875. The van der Waals surface area contributed by atoms with E-state index in [1.54, 1.807) is 0 Å². The molecule has 0 radical (unpaired) electrons. The van der Waals surface area contributed by atoms with E-state index in [0.717, 1.165) is 25.5 Å². The highest BCUT2D eigenvalue weighted by Gasteiger charge is 2.21. The van der Waals surface area contributed by atoms with E-state index in [0.29, 0.717) is 26.0 Å². The highest BCUT2D eigenvalue weighted by atomic mass is 16.5. The highest BCUT2D eigenvalue weighted by molar-refractivity contribution is 5.77. The number of carbonyl (C=O) groups is 3. The second-order valence-corrected chi connectivity index (χ2v) is 9.20. The zero-order valence-corrected chi connectivity index (χ0v) is 22.6. The molecule has 0 rings (SSSR count). The summed E-state index contributed by atoms with van der Waals surface area (Å²) in [7, 11) is 1.27. The largest absolute Gasteiger partial charge is 0.468 e. The van der Waals surface area contributed by atoms with E-state index < -0.39 is 18.1 Å². The van der Waals surface area contributed by atoms with Crippen LogP contribution < -0.4 is 22.3 Å². The Hall–Kier alpha value is -2.20. The van der Waals surface area contributed by atoms with E-state index in [9.17, 15) is 14.4 Å². The van der Waals surface area contributed by atoms with Crippen LogP contribution in [0.5, 0.6) is 0 Å². The number of aldehydes is 1. The van der Waals surface area contributed by atoms with Gasteiger partial charge in [-0.3, -0.25) is 14.6 Å². The number of ether oxygens (including phenoxy) is 2. The monoisotopic (exact) mass is 513 g/mol. The number of methoxy groups -OCH3 is 1. The lowest BCUT2D eigenvalue weighted by Crippen LogP contribution is -2.51. The lowest BCUT2D eigenvalue weighted by molar-refractivity contribution is -0.146. The van der Waals surface area contributed by atoms with Crippen LogP contribution in [0, 0.1) is 0 Å². The van der Waals surface area contributed by atoms with Crippen molar-refractivity contribution in [3.63, 3.8) is 0 Å². The molecule has 0 spiro atoms. The molecule has 2 atom stereocenters. The predicted molar refractivity (Wildman–Crippen MR) is 143 cm³/mol. The maximum Gasteiger partial charge on any atom is 0.324 e. The standard InChI is InChI=1S/C26H51N5O5/c1-3-4-5-6-7-8-9-10-11-12-13-14-20-36-24(33)18-17-23(25(34)35-2)31-30-22(21-32)16-15-19-29-26(27)28/h21-23,30-31H,3-20H2,1-2H3,(H4,27,28,29)/t22-,23?/m1/s1. The minimum Gasteiger partial charge on any atom is -0.468 e. The van der Waals surface area contributed by atoms with E-state index in [2.05, 4.69) is 22.8 Å². The zero-order chi connectivity index (χ0) is 26.9. The van der Waals surface area contributed by atoms with Crippen molar-refractivity contribution in [2.24, 2.45) is 16.5 Å². The topological polar surface area (TPSA) is 158 Å². The van der Waals surface area contributed by atoms with E-state index in [1.807, 2.05) is 0 Å². The molecular formula is C26H51N5O5. The third kappa shape index (κ3) is 21.1. The molecule has 0 saturated carbocycles. The van der Waals surface area contributed by atoms with Crippen molar-refractivity contribution in [2.75, 3.05) is 20.3 Å². The summed E-state index contributed by atoms with van der Waals surface area (Å²) >= 11 is 0. The van der Waals surface area contributed by atoms with E-state index >= 15 is 0 Å². The third-order valence-electron chi connectivity index (χ3n) is 5.96. The minimum atomic E-state index is -0.783. The maximum absolute atomic E-state index is 12.1. The Morgan fingerprint density at radius 3 is 1.97 bits per heavy atom. The van der Waals surface area contributed by atoms with Crippen LogP contribution in [-0.4, -0.2) is 56.5 Å². The molecule has 0 aliphatic carbocycles. The Bertz CT molecular complexity index is 599. The van der Waals surface area contributed by atoms with Gasteiger partial charge in [0.05, 0.1) is 19.8 Å². The lowest BCUT2D eigenvalue weighted by Gasteiger charge is -2.20. The van der Waals surface area contributed by atoms with Gasteiger partial charge in [-0.05, 0) is 25.7 Å². The van der Waals surface area contributed by atoms with Crippen LogP contribution in [0.15, 0.2) is 4.99 Å². The fourth-order valence-electron chi connectivity index (χ4n) is 3.76. The summed E-state index contributed by atoms with van der Waals surface area (Å²) in [6, 6.07) is -1.32. The first-order valence-corrected chi connectivity index (χ1v) is 13.7. The molecule has 0 aromatic heterocycles. The second kappa shape index (κ2) is 24.5. The van der Waals surface area contributed by atoms with Crippen LogP contribution in [0.4, 0.5) is 0 Å². The van der Waals surface area contributed by atoms with Gasteiger partial charge in [0, 0.05) is 13.0 Å². The molecule has 0 aliphatic heterocycles. The number of guanidine groups is 1. The first-order chi connectivity index (χ1) is 17.4. The van der Waals surface area contributed by atoms with Gasteiger partial charge >= 0.3 is 11.9 Å². The number of unbranched alkanes of at least 4 members (excludes halogenated alkanes) is 11. The van der Waals surface area contributed by atoms with Gasteiger partial charge in [-0.15, -0.1) is 0 Å². The third-order valence-corrected chi connectivity index (χ3v) is 5.96. The van der Waals surface area contributed by atoms with Crippen LogP contribution >= 0.6 is 0 Å². The number of esters is 2. The second-order valence-electron chi connectivity index (χ2n) is 9.20. The van der Waals surface area contributed by atoms with Crippen molar-refractivity contribution in [1.29, 1.82) is 0 Å². The molecule has 0 amide bonds. The van der Waals surface area contributed by atoms with Crippen LogP contribution in [0.3, 0.4) is 0 Å². The Kier molecular flexibility index (Phi) is 23.0. The van der Waals surface area contributed by atoms with E-state index in [4.69, 9.17) is 20.9 Å². The molecule has 0 bridgehead atoms. The number of nitrogens with two attached hydrogens (primary N) is 2. The SMILES string of the molecule is CCCCCCCCCCCCCCOC(=O)CCC(NN[C@@H](C=O)CCCN=C(N)N)C(=O)OC. The molecule has 0 heterocycles. The summed E-state index contributed by atoms with van der Waals surface area (Å²) in [4.78, 5) is 39.2. The molecule has 0 saturated heterocycles. The van der Waals surface area contributed by atoms with Crippen LogP contribution in [0.1, 0.15) is 110 Å². The average molecular weight is 514 g/mol. The fourth-order valence-corrected chi connectivity index (χ4v) is 3.76. The average Bonchev–Trinajstić information content (AvgIpc) is 2.87. The minimum absolute atomic E-state index is 0.000168. The number of hydrogen-bond acceptors (Lipinski definition) is 8. The van der Waals surface area contributed by atoms with Crippen molar-refractivity contribution in [2.45, 2.75) is 122 Å². The van der Waals surface area contributed by atoms with E-state index in [-0.39, 0.29) is 24.8 Å². The van der Waals surface area contributed by atoms with Crippen molar-refractivity contribution >= 4 is 24.2 Å². The van der Waals surface area contributed by atoms with Crippen LogP contribution in [-0.2, 0) is 23.9 Å². The molecule has 0 aliphatic rings. The molecule has 1 unspecified atom stereocenters. The fraction of sp³-hybridized carbons (Fsp3) is 0.846. The molecule has 6 N–H and O–H groups in total. The van der Waals surface area contributed by atoms with Crippen molar-refractivity contribution in [3.05, 3.63) is 0 Å². The zero-order valence-electron chi connectivity index (χ0n) is 22.6. The molecule has 0 fully saturated rings. The molecule has 0 aromatic rings. The van der Waals surface area contributed by atoms with Gasteiger partial charge in [-0.2, -0.15) is 0 Å². The number of carbonyl (C=O) groups excluding carboxylic acids is 3. The number of aliphatic imine (C=N–C) groups is 1. The molecular weight excluding hydrogens is 462 g/mol. The number of hydrogen-bond donors (Lipinski definition) is 4. The summed E-state index contributed by atoms with van der Waals surface area (Å²) in [6.07, 6.45) is 17.1. The Labute approximate surface area is 217 Å². The maximum atomic E-state index is 12.1. The smallest absolute Gasteiger partial charge is 0.324 e. The van der Waals surface area contributed by atoms with Crippen molar-refractivity contribution in [3.8, 4) is 0 Å². The quantitative estimate of drug-likeness (QED) is 0.0359.